The number of sulfonamides is 1. The first-order valence-corrected chi connectivity index (χ1v) is 9.75. The molecule has 0 amide bonds. The summed E-state index contributed by atoms with van der Waals surface area (Å²) >= 11 is 0. The van der Waals surface area contributed by atoms with E-state index in [1.54, 1.807) is 6.07 Å². The van der Waals surface area contributed by atoms with Gasteiger partial charge in [0.1, 0.15) is 0 Å². The van der Waals surface area contributed by atoms with Gasteiger partial charge in [0.2, 0.25) is 0 Å². The van der Waals surface area contributed by atoms with Crippen LogP contribution >= 0.6 is 0 Å². The summed E-state index contributed by atoms with van der Waals surface area (Å²) in [6, 6.07) is 18.1. The lowest BCUT2D eigenvalue weighted by Crippen LogP contribution is -2.00. The van der Waals surface area contributed by atoms with Gasteiger partial charge in [-0.05, 0) is 34.5 Å². The maximum Gasteiger partial charge on any atom is 0.282 e. The molecule has 132 valence electrons. The quantitative estimate of drug-likeness (QED) is 0.660. The molecule has 0 unspecified atom stereocenters. The fourth-order valence-electron chi connectivity index (χ4n) is 2.78. The van der Waals surface area contributed by atoms with Gasteiger partial charge in [0, 0.05) is 18.7 Å². The average molecular weight is 367 g/mol. The minimum absolute atomic E-state index is 0.0822. The predicted octanol–water partition coefficient (Wildman–Crippen LogP) is 3.81. The van der Waals surface area contributed by atoms with Gasteiger partial charge in [-0.1, -0.05) is 36.4 Å². The van der Waals surface area contributed by atoms with Gasteiger partial charge in [-0.3, -0.25) is 0 Å². The molecule has 0 bridgehead atoms. The Morgan fingerprint density at radius 3 is 2.46 bits per heavy atom. The van der Waals surface area contributed by atoms with Crippen molar-refractivity contribution in [3.63, 3.8) is 0 Å². The minimum Gasteiger partial charge on any atom is -0.490 e. The normalized spacial score (nSPS) is 14.5. The summed E-state index contributed by atoms with van der Waals surface area (Å²) < 4.78 is 40.0. The van der Waals surface area contributed by atoms with Crippen LogP contribution in [0.5, 0.6) is 11.5 Å². The van der Waals surface area contributed by atoms with Gasteiger partial charge >= 0.3 is 0 Å². The van der Waals surface area contributed by atoms with Crippen molar-refractivity contribution in [1.29, 1.82) is 0 Å². The second kappa shape index (κ2) is 6.80. The van der Waals surface area contributed by atoms with Crippen LogP contribution in [0.25, 0.3) is 10.8 Å². The Bertz CT molecular complexity index is 1090. The zero-order valence-corrected chi connectivity index (χ0v) is 14.8. The van der Waals surface area contributed by atoms with E-state index in [0.717, 1.165) is 22.8 Å². The molecule has 1 aliphatic rings. The van der Waals surface area contributed by atoms with Crippen molar-refractivity contribution in [3.05, 3.63) is 66.2 Å². The number of fused-ring (bicyclic) bond motifs is 2. The summed E-state index contributed by atoms with van der Waals surface area (Å²) in [7, 11) is -3.82. The summed E-state index contributed by atoms with van der Waals surface area (Å²) in [6.07, 6.45) is 2.13. The van der Waals surface area contributed by atoms with Gasteiger partial charge in [-0.25, -0.2) is 0 Å². The van der Waals surface area contributed by atoms with Crippen molar-refractivity contribution in [3.8, 4) is 11.5 Å². The molecule has 0 aliphatic carbocycles. The van der Waals surface area contributed by atoms with E-state index in [1.807, 2.05) is 42.5 Å². The number of nitrogens with zero attached hydrogens (tertiary/aromatic N) is 1. The number of rotatable bonds is 3. The zero-order valence-electron chi connectivity index (χ0n) is 14.0. The first-order chi connectivity index (χ1) is 12.6. The highest BCUT2D eigenvalue weighted by atomic mass is 32.2. The van der Waals surface area contributed by atoms with Crippen LogP contribution in [0, 0.1) is 0 Å². The second-order valence-electron chi connectivity index (χ2n) is 5.98. The Balaban J connectivity index is 1.63. The summed E-state index contributed by atoms with van der Waals surface area (Å²) in [6.45, 7) is 1.05. The summed E-state index contributed by atoms with van der Waals surface area (Å²) in [5.41, 5.74) is 0.724. The Morgan fingerprint density at radius 2 is 1.62 bits per heavy atom. The fraction of sp³-hybridized carbons (Fsp3) is 0.150. The summed E-state index contributed by atoms with van der Waals surface area (Å²) in [4.78, 5) is 0.0822. The number of benzene rings is 3. The van der Waals surface area contributed by atoms with Crippen LogP contribution in [-0.4, -0.2) is 27.8 Å². The van der Waals surface area contributed by atoms with Gasteiger partial charge < -0.3 is 9.47 Å². The Labute approximate surface area is 152 Å². The van der Waals surface area contributed by atoms with E-state index >= 15 is 0 Å². The van der Waals surface area contributed by atoms with Crippen LogP contribution in [-0.2, 0) is 10.0 Å². The molecule has 3 aromatic rings. The second-order valence-corrected chi connectivity index (χ2v) is 7.61. The van der Waals surface area contributed by atoms with E-state index in [2.05, 4.69) is 4.40 Å². The number of hydrogen-bond acceptors (Lipinski definition) is 4. The topological polar surface area (TPSA) is 65.0 Å². The molecule has 4 rings (SSSR count). The highest BCUT2D eigenvalue weighted by Crippen LogP contribution is 2.32. The molecular formula is C20H17NO4S. The van der Waals surface area contributed by atoms with Crippen molar-refractivity contribution >= 4 is 27.0 Å². The van der Waals surface area contributed by atoms with E-state index < -0.39 is 10.0 Å². The van der Waals surface area contributed by atoms with Crippen LogP contribution < -0.4 is 9.47 Å². The van der Waals surface area contributed by atoms with E-state index in [-0.39, 0.29) is 4.90 Å². The third-order valence-corrected chi connectivity index (χ3v) is 5.36. The Kier molecular flexibility index (Phi) is 4.34. The molecule has 0 spiro atoms. The molecule has 6 heteroatoms. The van der Waals surface area contributed by atoms with Crippen molar-refractivity contribution in [1.82, 2.24) is 0 Å². The lowest BCUT2D eigenvalue weighted by molar-refractivity contribution is 0.297. The van der Waals surface area contributed by atoms with Gasteiger partial charge in [0.15, 0.2) is 11.5 Å². The highest BCUT2D eigenvalue weighted by Gasteiger charge is 2.17. The predicted molar refractivity (Wildman–Crippen MR) is 101 cm³/mol. The Morgan fingerprint density at radius 1 is 0.846 bits per heavy atom. The first kappa shape index (κ1) is 16.6. The largest absolute Gasteiger partial charge is 0.490 e. The SMILES string of the molecule is O=S(=O)(/N=C/c1ccc2ccccc2c1)c1ccc2c(c1)OCCCO2. The maximum atomic E-state index is 12.5. The van der Waals surface area contributed by atoms with E-state index in [1.165, 1.54) is 18.3 Å². The van der Waals surface area contributed by atoms with Gasteiger partial charge in [0.05, 0.1) is 18.1 Å². The van der Waals surface area contributed by atoms with Crippen molar-refractivity contribution in [2.75, 3.05) is 13.2 Å². The van der Waals surface area contributed by atoms with Crippen molar-refractivity contribution in [2.24, 2.45) is 4.40 Å². The van der Waals surface area contributed by atoms with Gasteiger partial charge in [0.25, 0.3) is 10.0 Å². The molecule has 0 fully saturated rings. The smallest absolute Gasteiger partial charge is 0.282 e. The van der Waals surface area contributed by atoms with Gasteiger partial charge in [-0.15, -0.1) is 0 Å². The molecule has 5 nitrogen and oxygen atoms in total. The molecule has 26 heavy (non-hydrogen) atoms. The van der Waals surface area contributed by atoms with Crippen LogP contribution in [0.3, 0.4) is 0 Å². The van der Waals surface area contributed by atoms with Crippen molar-refractivity contribution < 1.29 is 17.9 Å². The summed E-state index contributed by atoms with van der Waals surface area (Å²) in [5.74, 6) is 0.990. The minimum atomic E-state index is -3.82. The standard InChI is InChI=1S/C20H17NO4S/c22-26(23,18-8-9-19-20(13-18)25-11-3-10-24-19)21-14-15-6-7-16-4-1-2-5-17(16)12-15/h1-2,4-9,12-14H,3,10-11H2/b21-14+. The lowest BCUT2D eigenvalue weighted by Gasteiger charge is -2.08. The molecule has 0 radical (unpaired) electrons. The van der Waals surface area contributed by atoms with Crippen LogP contribution in [0.2, 0.25) is 0 Å². The lowest BCUT2D eigenvalue weighted by atomic mass is 10.1. The summed E-state index contributed by atoms with van der Waals surface area (Å²) in [5, 5.41) is 2.12. The van der Waals surface area contributed by atoms with E-state index in [4.69, 9.17) is 9.47 Å². The number of ether oxygens (including phenoxy) is 2. The van der Waals surface area contributed by atoms with Crippen LogP contribution in [0.1, 0.15) is 12.0 Å². The van der Waals surface area contributed by atoms with E-state index in [9.17, 15) is 8.42 Å². The first-order valence-electron chi connectivity index (χ1n) is 8.31. The third-order valence-electron chi connectivity index (χ3n) is 4.13. The average Bonchev–Trinajstić information content (AvgIpc) is 2.91. The molecular weight excluding hydrogens is 350 g/mol. The molecule has 0 atom stereocenters. The molecule has 0 saturated heterocycles. The monoisotopic (exact) mass is 367 g/mol. The van der Waals surface area contributed by atoms with Crippen LogP contribution in [0.15, 0.2) is 70.0 Å². The van der Waals surface area contributed by atoms with Gasteiger partial charge in [-0.2, -0.15) is 12.8 Å². The molecule has 1 heterocycles. The molecule has 0 aromatic heterocycles. The molecule has 0 saturated carbocycles. The zero-order chi connectivity index (χ0) is 18.0. The molecule has 3 aromatic carbocycles. The third kappa shape index (κ3) is 3.41. The molecule has 1 aliphatic heterocycles. The fourth-order valence-corrected chi connectivity index (χ4v) is 3.66. The highest BCUT2D eigenvalue weighted by molar-refractivity contribution is 7.90. The molecule has 0 N–H and O–H groups in total. The van der Waals surface area contributed by atoms with Crippen molar-refractivity contribution in [2.45, 2.75) is 11.3 Å². The Hall–Kier alpha value is -2.86. The van der Waals surface area contributed by atoms with E-state index in [0.29, 0.717) is 24.7 Å². The van der Waals surface area contributed by atoms with Crippen LogP contribution in [0.4, 0.5) is 0 Å². The number of hydrogen-bond donors (Lipinski definition) is 0. The maximum absolute atomic E-state index is 12.5.